The van der Waals surface area contributed by atoms with E-state index in [2.05, 4.69) is 15.3 Å². The zero-order chi connectivity index (χ0) is 14.1. The van der Waals surface area contributed by atoms with Crippen molar-refractivity contribution < 1.29 is 9.53 Å². The molecule has 102 valence electrons. The average Bonchev–Trinajstić information content (AvgIpc) is 2.88. The zero-order valence-corrected chi connectivity index (χ0v) is 11.6. The first-order chi connectivity index (χ1) is 9.65. The number of halogens is 2. The fourth-order valence-corrected chi connectivity index (χ4v) is 2.24. The number of carbonyl (C=O) groups is 1. The lowest BCUT2D eigenvalue weighted by molar-refractivity contribution is -0.122. The summed E-state index contributed by atoms with van der Waals surface area (Å²) in [6.07, 6.45) is 1.14. The van der Waals surface area contributed by atoms with Crippen LogP contribution in [0.3, 0.4) is 0 Å². The molecule has 1 aliphatic rings. The second-order valence-corrected chi connectivity index (χ2v) is 4.97. The van der Waals surface area contributed by atoms with Gasteiger partial charge in [0.1, 0.15) is 17.1 Å². The molecule has 1 aromatic carbocycles. The minimum absolute atomic E-state index is 0.0904. The van der Waals surface area contributed by atoms with Gasteiger partial charge in [0, 0.05) is 6.42 Å². The molecule has 0 spiro atoms. The van der Waals surface area contributed by atoms with Crippen molar-refractivity contribution in [2.75, 3.05) is 5.32 Å². The molecular weight excluding hydrogens is 301 g/mol. The Balaban J connectivity index is 1.74. The molecule has 0 radical (unpaired) electrons. The number of carbonyl (C=O) groups excluding carboxylic acids is 1. The van der Waals surface area contributed by atoms with Gasteiger partial charge in [0.05, 0.1) is 0 Å². The molecule has 1 N–H and O–H groups in total. The third kappa shape index (κ3) is 2.42. The second kappa shape index (κ2) is 5.26. The minimum Gasteiger partial charge on any atom is -0.480 e. The number of fused-ring (bicyclic) bond motifs is 1. The lowest BCUT2D eigenvalue weighted by Gasteiger charge is -2.11. The van der Waals surface area contributed by atoms with Gasteiger partial charge >= 0.3 is 0 Å². The summed E-state index contributed by atoms with van der Waals surface area (Å²) in [5, 5.41) is 2.80. The van der Waals surface area contributed by atoms with Gasteiger partial charge in [-0.1, -0.05) is 41.4 Å². The van der Waals surface area contributed by atoms with Gasteiger partial charge < -0.3 is 10.1 Å². The Labute approximate surface area is 124 Å². The van der Waals surface area contributed by atoms with Crippen molar-refractivity contribution in [3.8, 4) is 5.75 Å². The number of rotatable bonds is 2. The molecule has 1 aromatic heterocycles. The zero-order valence-electron chi connectivity index (χ0n) is 10.1. The fourth-order valence-electron chi connectivity index (χ4n) is 1.96. The number of amides is 1. The van der Waals surface area contributed by atoms with E-state index in [9.17, 15) is 4.79 Å². The summed E-state index contributed by atoms with van der Waals surface area (Å²) >= 11 is 11.7. The third-order valence-electron chi connectivity index (χ3n) is 2.93. The van der Waals surface area contributed by atoms with Crippen molar-refractivity contribution in [1.29, 1.82) is 0 Å². The lowest BCUT2D eigenvalue weighted by atomic mass is 10.1. The molecule has 1 aliphatic heterocycles. The highest BCUT2D eigenvalue weighted by Gasteiger charge is 2.29. The number of aromatic nitrogens is 2. The molecule has 2 heterocycles. The summed E-state index contributed by atoms with van der Waals surface area (Å²) in [6, 6.07) is 7.53. The summed E-state index contributed by atoms with van der Waals surface area (Å²) in [6.45, 7) is 0. The predicted octanol–water partition coefficient (Wildman–Crippen LogP) is 2.73. The Morgan fingerprint density at radius 1 is 1.30 bits per heavy atom. The Morgan fingerprint density at radius 3 is 2.90 bits per heavy atom. The van der Waals surface area contributed by atoms with Gasteiger partial charge in [-0.25, -0.2) is 9.97 Å². The summed E-state index contributed by atoms with van der Waals surface area (Å²) < 4.78 is 5.58. The summed E-state index contributed by atoms with van der Waals surface area (Å²) in [5.41, 5.74) is 1.000. The third-order valence-corrected chi connectivity index (χ3v) is 3.67. The van der Waals surface area contributed by atoms with Gasteiger partial charge in [-0.2, -0.15) is 0 Å². The van der Waals surface area contributed by atoms with Crippen LogP contribution in [-0.2, 0) is 11.2 Å². The van der Waals surface area contributed by atoms with Crippen LogP contribution in [0.5, 0.6) is 5.75 Å². The van der Waals surface area contributed by atoms with E-state index in [0.717, 1.165) is 11.3 Å². The number of benzene rings is 1. The number of hydrogen-bond donors (Lipinski definition) is 1. The van der Waals surface area contributed by atoms with E-state index in [1.165, 1.54) is 6.33 Å². The van der Waals surface area contributed by atoms with Crippen molar-refractivity contribution in [3.63, 3.8) is 0 Å². The Hall–Kier alpha value is -1.85. The number of anilines is 1. The Morgan fingerprint density at radius 2 is 2.10 bits per heavy atom. The number of nitrogens with one attached hydrogen (secondary N) is 1. The lowest BCUT2D eigenvalue weighted by Crippen LogP contribution is -2.31. The quantitative estimate of drug-likeness (QED) is 0.866. The van der Waals surface area contributed by atoms with Crippen LogP contribution < -0.4 is 10.1 Å². The molecule has 0 saturated heterocycles. The SMILES string of the molecule is O=C(Nc1ncnc(Cl)c1Cl)C1Cc2ccccc2O1. The van der Waals surface area contributed by atoms with E-state index in [1.54, 1.807) is 0 Å². The summed E-state index contributed by atoms with van der Waals surface area (Å²) in [5.74, 6) is 0.577. The molecule has 1 amide bonds. The van der Waals surface area contributed by atoms with Crippen LogP contribution in [0.4, 0.5) is 5.82 Å². The molecule has 2 aromatic rings. The first kappa shape index (κ1) is 13.1. The van der Waals surface area contributed by atoms with Crippen LogP contribution in [0.25, 0.3) is 0 Å². The number of hydrogen-bond acceptors (Lipinski definition) is 4. The topological polar surface area (TPSA) is 64.1 Å². The van der Waals surface area contributed by atoms with Crippen molar-refractivity contribution in [3.05, 3.63) is 46.3 Å². The maximum Gasteiger partial charge on any atom is 0.266 e. The van der Waals surface area contributed by atoms with Gasteiger partial charge in [-0.3, -0.25) is 4.79 Å². The Kier molecular flexibility index (Phi) is 3.46. The van der Waals surface area contributed by atoms with Crippen LogP contribution in [0.15, 0.2) is 30.6 Å². The molecule has 5 nitrogen and oxygen atoms in total. The van der Waals surface area contributed by atoms with Crippen LogP contribution in [0.1, 0.15) is 5.56 Å². The highest BCUT2D eigenvalue weighted by Crippen LogP contribution is 2.30. The number of nitrogens with zero attached hydrogens (tertiary/aromatic N) is 2. The van der Waals surface area contributed by atoms with Gasteiger partial charge in [-0.05, 0) is 11.6 Å². The van der Waals surface area contributed by atoms with Crippen LogP contribution in [-0.4, -0.2) is 22.0 Å². The molecule has 0 bridgehead atoms. The summed E-state index contributed by atoms with van der Waals surface area (Å²) in [4.78, 5) is 19.7. The molecule has 1 atom stereocenters. The highest BCUT2D eigenvalue weighted by molar-refractivity contribution is 6.42. The normalized spacial score (nSPS) is 16.4. The standard InChI is InChI=1S/C13H9Cl2N3O2/c14-10-11(15)16-6-17-12(10)18-13(19)9-5-7-3-1-2-4-8(7)20-9/h1-4,6,9H,5H2,(H,16,17,18,19). The van der Waals surface area contributed by atoms with Crippen LogP contribution in [0.2, 0.25) is 10.2 Å². The molecule has 7 heteroatoms. The van der Waals surface area contributed by atoms with E-state index < -0.39 is 6.10 Å². The highest BCUT2D eigenvalue weighted by atomic mass is 35.5. The maximum atomic E-state index is 12.1. The van der Waals surface area contributed by atoms with Gasteiger partial charge in [-0.15, -0.1) is 0 Å². The second-order valence-electron chi connectivity index (χ2n) is 4.23. The molecule has 1 unspecified atom stereocenters. The monoisotopic (exact) mass is 309 g/mol. The van der Waals surface area contributed by atoms with E-state index in [0.29, 0.717) is 6.42 Å². The van der Waals surface area contributed by atoms with Crippen LogP contribution >= 0.6 is 23.2 Å². The van der Waals surface area contributed by atoms with Crippen molar-refractivity contribution in [2.45, 2.75) is 12.5 Å². The smallest absolute Gasteiger partial charge is 0.266 e. The molecule has 0 fully saturated rings. The Bertz CT molecular complexity index is 653. The average molecular weight is 310 g/mol. The van der Waals surface area contributed by atoms with Gasteiger partial charge in [0.2, 0.25) is 0 Å². The first-order valence-electron chi connectivity index (χ1n) is 5.86. The summed E-state index contributed by atoms with van der Waals surface area (Å²) in [7, 11) is 0. The predicted molar refractivity (Wildman–Crippen MR) is 75.2 cm³/mol. The van der Waals surface area contributed by atoms with E-state index in [-0.39, 0.29) is 21.9 Å². The number of ether oxygens (including phenoxy) is 1. The molecular formula is C13H9Cl2N3O2. The van der Waals surface area contributed by atoms with E-state index in [4.69, 9.17) is 27.9 Å². The van der Waals surface area contributed by atoms with Crippen molar-refractivity contribution in [1.82, 2.24) is 9.97 Å². The van der Waals surface area contributed by atoms with Crippen LogP contribution in [0, 0.1) is 0 Å². The minimum atomic E-state index is -0.600. The molecule has 20 heavy (non-hydrogen) atoms. The van der Waals surface area contributed by atoms with Gasteiger partial charge in [0.25, 0.3) is 5.91 Å². The molecule has 0 saturated carbocycles. The first-order valence-corrected chi connectivity index (χ1v) is 6.62. The fraction of sp³-hybridized carbons (Fsp3) is 0.154. The molecule has 3 rings (SSSR count). The van der Waals surface area contributed by atoms with E-state index >= 15 is 0 Å². The number of para-hydroxylation sites is 1. The van der Waals surface area contributed by atoms with Crippen molar-refractivity contribution >= 4 is 34.9 Å². The van der Waals surface area contributed by atoms with E-state index in [1.807, 2.05) is 24.3 Å². The van der Waals surface area contributed by atoms with Crippen molar-refractivity contribution in [2.24, 2.45) is 0 Å². The van der Waals surface area contributed by atoms with Gasteiger partial charge in [0.15, 0.2) is 17.1 Å². The molecule has 0 aliphatic carbocycles. The largest absolute Gasteiger partial charge is 0.480 e. The maximum absolute atomic E-state index is 12.1.